The largest absolute Gasteiger partial charge is 0.464 e. The van der Waals surface area contributed by atoms with Crippen molar-refractivity contribution in [2.45, 2.75) is 31.9 Å². The summed E-state index contributed by atoms with van der Waals surface area (Å²) in [6.45, 7) is 2.93. The monoisotopic (exact) mass is 423 g/mol. The first-order valence-corrected chi connectivity index (χ1v) is 9.71. The molecule has 30 heavy (non-hydrogen) atoms. The number of nitrogens with zero attached hydrogens (tertiary/aromatic N) is 3. The Morgan fingerprint density at radius 3 is 2.40 bits per heavy atom. The zero-order chi connectivity index (χ0) is 21.6. The molecule has 0 bridgehead atoms. The summed E-state index contributed by atoms with van der Waals surface area (Å²) in [6.07, 6.45) is -3.42. The number of fused-ring (bicyclic) bond motifs is 1. The summed E-state index contributed by atoms with van der Waals surface area (Å²) in [5, 5.41) is 0. The van der Waals surface area contributed by atoms with Crippen LogP contribution in [0, 0.1) is 24.6 Å². The van der Waals surface area contributed by atoms with Crippen LogP contribution in [0.5, 0.6) is 0 Å². The summed E-state index contributed by atoms with van der Waals surface area (Å²) in [5.41, 5.74) is 0.0909. The summed E-state index contributed by atoms with van der Waals surface area (Å²) in [7, 11) is 1.28. The molecule has 1 saturated heterocycles. The van der Waals surface area contributed by atoms with Crippen LogP contribution >= 0.6 is 0 Å². The first-order valence-electron chi connectivity index (χ1n) is 9.71. The van der Waals surface area contributed by atoms with E-state index in [1.54, 1.807) is 13.0 Å². The highest BCUT2D eigenvalue weighted by Crippen LogP contribution is 2.49. The number of carbonyl (C=O) groups is 1. The second kappa shape index (κ2) is 7.52. The average Bonchev–Trinajstić information content (AvgIpc) is 3.25. The Balaban J connectivity index is 1.53. The molecule has 2 fully saturated rings. The van der Waals surface area contributed by atoms with Gasteiger partial charge in [-0.25, -0.2) is 19.2 Å². The Bertz CT molecular complexity index is 965. The molecule has 1 aliphatic carbocycles. The number of methoxy groups -OCH3 is 1. The van der Waals surface area contributed by atoms with E-state index in [0.29, 0.717) is 37.6 Å². The van der Waals surface area contributed by atoms with Crippen molar-refractivity contribution in [3.8, 4) is 0 Å². The van der Waals surface area contributed by atoms with Gasteiger partial charge in [0.2, 0.25) is 5.95 Å². The smallest absolute Gasteiger partial charge is 0.416 e. The highest BCUT2D eigenvalue weighted by Gasteiger charge is 2.45. The Morgan fingerprint density at radius 2 is 1.80 bits per heavy atom. The van der Waals surface area contributed by atoms with Crippen LogP contribution in [0.15, 0.2) is 24.3 Å². The molecule has 0 radical (unpaired) electrons. The predicted octanol–water partition coefficient (Wildman–Crippen LogP) is 4.36. The standard InChI is InChI=1S/C21H21F4N3O2/c1-11-5-18(19(29)30-2)27-20(26-11)28-9-13-6-12(7-14(13)10-28)16-8-15(22)3-4-17(16)21(23,24)25/h3-5,8,12-14H,6-7,9-10H2,1-2H3/t12-,13-,14+. The summed E-state index contributed by atoms with van der Waals surface area (Å²) in [5.74, 6) is -0.802. The molecule has 0 spiro atoms. The van der Waals surface area contributed by atoms with Crippen LogP contribution in [0.2, 0.25) is 0 Å². The van der Waals surface area contributed by atoms with Crippen LogP contribution in [-0.4, -0.2) is 36.1 Å². The highest BCUT2D eigenvalue weighted by molar-refractivity contribution is 5.87. The third-order valence-corrected chi connectivity index (χ3v) is 6.03. The maximum absolute atomic E-state index is 13.7. The first kappa shape index (κ1) is 20.6. The van der Waals surface area contributed by atoms with Crippen LogP contribution < -0.4 is 4.90 Å². The number of carbonyl (C=O) groups excluding carboxylic acids is 1. The van der Waals surface area contributed by atoms with E-state index < -0.39 is 23.5 Å². The maximum atomic E-state index is 13.7. The van der Waals surface area contributed by atoms with Crippen molar-refractivity contribution in [2.75, 3.05) is 25.1 Å². The Morgan fingerprint density at radius 1 is 1.13 bits per heavy atom. The number of benzene rings is 1. The normalized spacial score (nSPS) is 23.5. The molecule has 0 amide bonds. The lowest BCUT2D eigenvalue weighted by molar-refractivity contribution is -0.138. The summed E-state index contributed by atoms with van der Waals surface area (Å²) >= 11 is 0. The minimum atomic E-state index is -4.51. The molecule has 160 valence electrons. The van der Waals surface area contributed by atoms with Crippen molar-refractivity contribution in [1.82, 2.24) is 9.97 Å². The van der Waals surface area contributed by atoms with E-state index in [2.05, 4.69) is 9.97 Å². The van der Waals surface area contributed by atoms with Crippen LogP contribution in [0.1, 0.15) is 46.1 Å². The van der Waals surface area contributed by atoms with Crippen LogP contribution in [0.25, 0.3) is 0 Å². The number of ether oxygens (including phenoxy) is 1. The van der Waals surface area contributed by atoms with Crippen LogP contribution in [0.4, 0.5) is 23.5 Å². The summed E-state index contributed by atoms with van der Waals surface area (Å²) in [4.78, 5) is 22.5. The van der Waals surface area contributed by atoms with Crippen LogP contribution in [-0.2, 0) is 10.9 Å². The van der Waals surface area contributed by atoms with Gasteiger partial charge in [-0.05, 0) is 67.3 Å². The molecule has 0 unspecified atom stereocenters. The van der Waals surface area contributed by atoms with E-state index in [0.717, 1.165) is 18.2 Å². The molecule has 9 heteroatoms. The molecule has 2 heterocycles. The number of halogens is 4. The van der Waals surface area contributed by atoms with Gasteiger partial charge in [0.05, 0.1) is 12.7 Å². The van der Waals surface area contributed by atoms with Crippen LogP contribution in [0.3, 0.4) is 0 Å². The second-order valence-corrected chi connectivity index (χ2v) is 8.01. The fraction of sp³-hybridized carbons (Fsp3) is 0.476. The van der Waals surface area contributed by atoms with Gasteiger partial charge in [0, 0.05) is 18.8 Å². The van der Waals surface area contributed by atoms with Crippen molar-refractivity contribution < 1.29 is 27.1 Å². The number of rotatable bonds is 3. The van der Waals surface area contributed by atoms with E-state index in [1.165, 1.54) is 7.11 Å². The Labute approximate surface area is 171 Å². The molecule has 5 nitrogen and oxygen atoms in total. The third-order valence-electron chi connectivity index (χ3n) is 6.03. The molecule has 1 aromatic carbocycles. The quantitative estimate of drug-likeness (QED) is 0.543. The van der Waals surface area contributed by atoms with Gasteiger partial charge in [-0.3, -0.25) is 0 Å². The lowest BCUT2D eigenvalue weighted by Gasteiger charge is -2.22. The molecule has 1 saturated carbocycles. The molecule has 3 atom stereocenters. The molecule has 0 N–H and O–H groups in total. The van der Waals surface area contributed by atoms with E-state index >= 15 is 0 Å². The van der Waals surface area contributed by atoms with Gasteiger partial charge >= 0.3 is 12.1 Å². The minimum absolute atomic E-state index is 0.0447. The average molecular weight is 423 g/mol. The van der Waals surface area contributed by atoms with Crippen molar-refractivity contribution in [3.05, 3.63) is 52.6 Å². The van der Waals surface area contributed by atoms with E-state index in [1.807, 2.05) is 4.90 Å². The SMILES string of the molecule is COC(=O)c1cc(C)nc(N2C[C@H]3C[C@@H](c4cc(F)ccc4C(F)(F)F)C[C@H]3C2)n1. The Kier molecular flexibility index (Phi) is 5.15. The van der Waals surface area contributed by atoms with Gasteiger partial charge < -0.3 is 9.64 Å². The lowest BCUT2D eigenvalue weighted by Crippen LogP contribution is -2.25. The lowest BCUT2D eigenvalue weighted by atomic mass is 9.91. The number of aromatic nitrogens is 2. The summed E-state index contributed by atoms with van der Waals surface area (Å²) < 4.78 is 58.6. The molecule has 4 rings (SSSR count). The highest BCUT2D eigenvalue weighted by atomic mass is 19.4. The zero-order valence-corrected chi connectivity index (χ0v) is 16.5. The molecule has 1 aliphatic heterocycles. The van der Waals surface area contributed by atoms with Gasteiger partial charge in [-0.1, -0.05) is 0 Å². The molecular weight excluding hydrogens is 402 g/mol. The van der Waals surface area contributed by atoms with Gasteiger partial charge in [0.1, 0.15) is 5.82 Å². The number of hydrogen-bond acceptors (Lipinski definition) is 5. The molecule has 1 aromatic heterocycles. The second-order valence-electron chi connectivity index (χ2n) is 8.01. The zero-order valence-electron chi connectivity index (χ0n) is 16.5. The first-order chi connectivity index (χ1) is 14.2. The predicted molar refractivity (Wildman–Crippen MR) is 101 cm³/mol. The van der Waals surface area contributed by atoms with Crippen molar-refractivity contribution >= 4 is 11.9 Å². The number of alkyl halides is 3. The fourth-order valence-electron chi connectivity index (χ4n) is 4.75. The van der Waals surface area contributed by atoms with Gasteiger partial charge in [-0.15, -0.1) is 0 Å². The molecular formula is C21H21F4N3O2. The number of hydrogen-bond donors (Lipinski definition) is 0. The topological polar surface area (TPSA) is 55.3 Å². The van der Waals surface area contributed by atoms with Crippen molar-refractivity contribution in [1.29, 1.82) is 0 Å². The van der Waals surface area contributed by atoms with E-state index in [-0.39, 0.29) is 29.0 Å². The number of esters is 1. The maximum Gasteiger partial charge on any atom is 0.416 e. The van der Waals surface area contributed by atoms with Crippen molar-refractivity contribution in [3.63, 3.8) is 0 Å². The summed E-state index contributed by atoms with van der Waals surface area (Å²) in [6, 6.07) is 4.27. The Hall–Kier alpha value is -2.71. The number of anilines is 1. The fourth-order valence-corrected chi connectivity index (χ4v) is 4.75. The van der Waals surface area contributed by atoms with Crippen molar-refractivity contribution in [2.24, 2.45) is 11.8 Å². The van der Waals surface area contributed by atoms with Gasteiger partial charge in [0.25, 0.3) is 0 Å². The van der Waals surface area contributed by atoms with Gasteiger partial charge in [0.15, 0.2) is 5.69 Å². The minimum Gasteiger partial charge on any atom is -0.464 e. The molecule has 2 aromatic rings. The molecule has 2 aliphatic rings. The van der Waals surface area contributed by atoms with E-state index in [4.69, 9.17) is 4.74 Å². The third kappa shape index (κ3) is 3.85. The van der Waals surface area contributed by atoms with E-state index in [9.17, 15) is 22.4 Å². The number of aryl methyl sites for hydroxylation is 1. The van der Waals surface area contributed by atoms with Gasteiger partial charge in [-0.2, -0.15) is 13.2 Å².